The van der Waals surface area contributed by atoms with Crippen LogP contribution in [0.1, 0.15) is 21.6 Å². The summed E-state index contributed by atoms with van der Waals surface area (Å²) in [6, 6.07) is 20.5. The van der Waals surface area contributed by atoms with Gasteiger partial charge in [-0.15, -0.1) is 0 Å². The van der Waals surface area contributed by atoms with Gasteiger partial charge in [-0.05, 0) is 55.5 Å². The molecule has 1 aromatic heterocycles. The molecule has 0 bridgehead atoms. The standard InChI is InChI=1S/C24H20N4O4S/c1-15-6-8-17(9-7-15)28-33(30,31)18-12-10-16(11-13-18)25-24(29)23-20-14-32-21-5-3-2-4-19(21)22(20)26-27-23/h2-13,28H,14H2,1H3,(H,25,29)(H,26,27). The van der Waals surface area contributed by atoms with E-state index < -0.39 is 10.0 Å². The van der Waals surface area contributed by atoms with Crippen molar-refractivity contribution in [2.75, 3.05) is 10.0 Å². The molecule has 33 heavy (non-hydrogen) atoms. The van der Waals surface area contributed by atoms with Crippen LogP contribution in [0.2, 0.25) is 0 Å². The van der Waals surface area contributed by atoms with Gasteiger partial charge in [-0.1, -0.05) is 29.8 Å². The number of sulfonamides is 1. The van der Waals surface area contributed by atoms with Crippen LogP contribution in [0, 0.1) is 6.92 Å². The SMILES string of the molecule is Cc1ccc(NS(=O)(=O)c2ccc(NC(=O)c3[nH]nc4c3COc3ccccc3-4)cc2)cc1. The number of nitrogens with zero attached hydrogens (tertiary/aromatic N) is 1. The summed E-state index contributed by atoms with van der Waals surface area (Å²) in [4.78, 5) is 12.9. The zero-order valence-electron chi connectivity index (χ0n) is 17.6. The average molecular weight is 461 g/mol. The van der Waals surface area contributed by atoms with Crippen LogP contribution in [0.5, 0.6) is 5.75 Å². The Bertz CT molecular complexity index is 1440. The van der Waals surface area contributed by atoms with Crippen LogP contribution in [-0.2, 0) is 16.6 Å². The van der Waals surface area contributed by atoms with E-state index in [4.69, 9.17) is 4.74 Å². The van der Waals surface area contributed by atoms with E-state index in [0.717, 1.165) is 16.9 Å². The van der Waals surface area contributed by atoms with Crippen molar-refractivity contribution in [3.63, 3.8) is 0 Å². The van der Waals surface area contributed by atoms with Crippen molar-refractivity contribution in [1.29, 1.82) is 0 Å². The molecule has 1 aliphatic heterocycles. The number of carbonyl (C=O) groups is 1. The van der Waals surface area contributed by atoms with Gasteiger partial charge in [0.2, 0.25) is 0 Å². The lowest BCUT2D eigenvalue weighted by molar-refractivity contribution is 0.101. The lowest BCUT2D eigenvalue weighted by Gasteiger charge is -2.17. The van der Waals surface area contributed by atoms with E-state index in [0.29, 0.717) is 28.3 Å². The summed E-state index contributed by atoms with van der Waals surface area (Å²) < 4.78 is 33.6. The first-order valence-electron chi connectivity index (χ1n) is 10.2. The first kappa shape index (κ1) is 20.8. The monoisotopic (exact) mass is 460 g/mol. The molecule has 9 heteroatoms. The number of aromatic nitrogens is 2. The molecule has 0 saturated carbocycles. The van der Waals surface area contributed by atoms with Crippen LogP contribution in [0.25, 0.3) is 11.3 Å². The van der Waals surface area contributed by atoms with Crippen LogP contribution >= 0.6 is 0 Å². The van der Waals surface area contributed by atoms with Crippen molar-refractivity contribution in [3.8, 4) is 17.0 Å². The third kappa shape index (κ3) is 4.06. The van der Waals surface area contributed by atoms with Crippen LogP contribution < -0.4 is 14.8 Å². The number of aryl methyl sites for hydroxylation is 1. The minimum Gasteiger partial charge on any atom is -0.488 e. The number of para-hydroxylation sites is 1. The number of carbonyl (C=O) groups excluding carboxylic acids is 1. The van der Waals surface area contributed by atoms with Gasteiger partial charge in [0.05, 0.1) is 4.90 Å². The lowest BCUT2D eigenvalue weighted by Crippen LogP contribution is -2.17. The predicted molar refractivity (Wildman–Crippen MR) is 125 cm³/mol. The maximum absolute atomic E-state index is 12.8. The molecule has 0 saturated heterocycles. The van der Waals surface area contributed by atoms with E-state index in [9.17, 15) is 13.2 Å². The van der Waals surface area contributed by atoms with Gasteiger partial charge < -0.3 is 10.1 Å². The molecule has 5 rings (SSSR count). The molecule has 4 aromatic rings. The van der Waals surface area contributed by atoms with Crippen LogP contribution in [0.15, 0.2) is 77.7 Å². The Hall–Kier alpha value is -4.11. The van der Waals surface area contributed by atoms with Crippen LogP contribution in [-0.4, -0.2) is 24.5 Å². The Morgan fingerprint density at radius 2 is 1.67 bits per heavy atom. The highest BCUT2D eigenvalue weighted by atomic mass is 32.2. The number of anilines is 2. The Labute approximate surface area is 190 Å². The molecule has 0 fully saturated rings. The molecule has 3 N–H and O–H groups in total. The number of fused-ring (bicyclic) bond motifs is 3. The van der Waals surface area contributed by atoms with E-state index >= 15 is 0 Å². The fraction of sp³-hybridized carbons (Fsp3) is 0.0833. The number of nitrogens with one attached hydrogen (secondary N) is 3. The molecule has 0 radical (unpaired) electrons. The van der Waals surface area contributed by atoms with Crippen molar-refractivity contribution < 1.29 is 17.9 Å². The normalized spacial score (nSPS) is 12.3. The molecule has 0 unspecified atom stereocenters. The fourth-order valence-electron chi connectivity index (χ4n) is 3.60. The summed E-state index contributed by atoms with van der Waals surface area (Å²) in [7, 11) is -3.75. The van der Waals surface area contributed by atoms with Gasteiger partial charge >= 0.3 is 0 Å². The summed E-state index contributed by atoms with van der Waals surface area (Å²) in [5.41, 5.74) is 4.45. The van der Waals surface area contributed by atoms with Gasteiger partial charge in [-0.3, -0.25) is 14.6 Å². The smallest absolute Gasteiger partial charge is 0.274 e. The van der Waals surface area contributed by atoms with Crippen LogP contribution in [0.4, 0.5) is 11.4 Å². The van der Waals surface area contributed by atoms with Gasteiger partial charge in [0.25, 0.3) is 15.9 Å². The second kappa shape index (κ2) is 8.10. The molecule has 0 spiro atoms. The zero-order valence-corrected chi connectivity index (χ0v) is 18.4. The van der Waals surface area contributed by atoms with Gasteiger partial charge in [-0.2, -0.15) is 5.10 Å². The lowest BCUT2D eigenvalue weighted by atomic mass is 10.0. The minimum atomic E-state index is -3.75. The summed E-state index contributed by atoms with van der Waals surface area (Å²) in [5.74, 6) is 0.333. The number of hydrogen-bond acceptors (Lipinski definition) is 5. The van der Waals surface area contributed by atoms with Crippen molar-refractivity contribution in [2.24, 2.45) is 0 Å². The third-order valence-corrected chi connectivity index (χ3v) is 6.73. The van der Waals surface area contributed by atoms with Gasteiger partial charge in [-0.25, -0.2) is 8.42 Å². The number of hydrogen-bond donors (Lipinski definition) is 3. The molecule has 166 valence electrons. The fourth-order valence-corrected chi connectivity index (χ4v) is 4.66. The molecule has 1 aliphatic rings. The van der Waals surface area contributed by atoms with Crippen molar-refractivity contribution in [3.05, 3.63) is 89.6 Å². The van der Waals surface area contributed by atoms with E-state index in [1.807, 2.05) is 43.3 Å². The number of amides is 1. The molecule has 0 atom stereocenters. The Balaban J connectivity index is 1.32. The van der Waals surface area contributed by atoms with Crippen molar-refractivity contribution in [2.45, 2.75) is 18.4 Å². The number of ether oxygens (including phenoxy) is 1. The van der Waals surface area contributed by atoms with E-state index in [1.54, 1.807) is 12.1 Å². The summed E-state index contributed by atoms with van der Waals surface area (Å²) in [6.07, 6.45) is 0. The van der Waals surface area contributed by atoms with E-state index in [1.165, 1.54) is 24.3 Å². The second-order valence-electron chi connectivity index (χ2n) is 7.66. The molecule has 1 amide bonds. The Morgan fingerprint density at radius 1 is 0.970 bits per heavy atom. The molecule has 0 aliphatic carbocycles. The predicted octanol–water partition coefficient (Wildman–Crippen LogP) is 4.33. The van der Waals surface area contributed by atoms with Crippen molar-refractivity contribution >= 4 is 27.3 Å². The molecular formula is C24H20N4O4S. The number of aromatic amines is 1. The highest BCUT2D eigenvalue weighted by Crippen LogP contribution is 2.37. The zero-order chi connectivity index (χ0) is 23.0. The minimum absolute atomic E-state index is 0.0880. The molecular weight excluding hydrogens is 440 g/mol. The largest absolute Gasteiger partial charge is 0.488 e. The molecule has 3 aromatic carbocycles. The second-order valence-corrected chi connectivity index (χ2v) is 9.34. The molecule has 8 nitrogen and oxygen atoms in total. The number of benzene rings is 3. The maximum Gasteiger partial charge on any atom is 0.274 e. The number of rotatable bonds is 5. The Kier molecular flexibility index (Phi) is 5.10. The highest BCUT2D eigenvalue weighted by Gasteiger charge is 2.26. The topological polar surface area (TPSA) is 113 Å². The van der Waals surface area contributed by atoms with Gasteiger partial charge in [0.1, 0.15) is 23.7 Å². The van der Waals surface area contributed by atoms with Crippen molar-refractivity contribution in [1.82, 2.24) is 10.2 Å². The first-order valence-corrected chi connectivity index (χ1v) is 11.7. The third-order valence-electron chi connectivity index (χ3n) is 5.33. The number of H-pyrrole nitrogens is 1. The summed E-state index contributed by atoms with van der Waals surface area (Å²) in [5, 5.41) is 9.87. The summed E-state index contributed by atoms with van der Waals surface area (Å²) in [6.45, 7) is 2.16. The van der Waals surface area contributed by atoms with Crippen LogP contribution in [0.3, 0.4) is 0 Å². The quantitative estimate of drug-likeness (QED) is 0.410. The summed E-state index contributed by atoms with van der Waals surface area (Å²) >= 11 is 0. The van der Waals surface area contributed by atoms with Gasteiger partial charge in [0.15, 0.2) is 0 Å². The Morgan fingerprint density at radius 3 is 2.42 bits per heavy atom. The van der Waals surface area contributed by atoms with Gasteiger partial charge in [0, 0.05) is 22.5 Å². The van der Waals surface area contributed by atoms with E-state index in [-0.39, 0.29) is 17.4 Å². The maximum atomic E-state index is 12.8. The first-order chi connectivity index (χ1) is 15.9. The molecule has 2 heterocycles. The van der Waals surface area contributed by atoms with E-state index in [2.05, 4.69) is 20.2 Å². The highest BCUT2D eigenvalue weighted by molar-refractivity contribution is 7.92. The average Bonchev–Trinajstić information content (AvgIpc) is 3.26.